The van der Waals surface area contributed by atoms with Crippen LogP contribution in [0.25, 0.3) is 10.8 Å². The fourth-order valence-electron chi connectivity index (χ4n) is 5.14. The molecular weight excluding hydrogens is 500 g/mol. The number of nitrogens with one attached hydrogen (secondary N) is 2. The molecule has 2 N–H and O–H groups in total. The van der Waals surface area contributed by atoms with E-state index < -0.39 is 12.1 Å². The largest absolute Gasteiger partial charge is 0.341 e. The van der Waals surface area contributed by atoms with E-state index in [1.807, 2.05) is 62.4 Å². The molecule has 1 aliphatic heterocycles. The molecule has 4 aromatic carbocycles. The average molecular weight is 535 g/mol. The third kappa shape index (κ3) is 5.20. The maximum atomic E-state index is 14.3. The topological polar surface area (TPSA) is 81.8 Å². The zero-order valence-electron chi connectivity index (χ0n) is 23.3. The number of rotatable bonds is 6. The van der Waals surface area contributed by atoms with Gasteiger partial charge in [0, 0.05) is 5.56 Å². The number of carbonyl (C=O) groups excluding carboxylic acids is 3. The molecule has 40 heavy (non-hydrogen) atoms. The Kier molecular flexibility index (Phi) is 7.67. The summed E-state index contributed by atoms with van der Waals surface area (Å²) in [6, 6.07) is 25.6. The number of benzene rings is 4. The van der Waals surface area contributed by atoms with Gasteiger partial charge in [-0.3, -0.25) is 14.4 Å². The van der Waals surface area contributed by atoms with Crippen LogP contribution in [-0.2, 0) is 16.1 Å². The summed E-state index contributed by atoms with van der Waals surface area (Å²) >= 11 is 0. The van der Waals surface area contributed by atoms with E-state index in [4.69, 9.17) is 0 Å². The van der Waals surface area contributed by atoms with Gasteiger partial charge in [-0.2, -0.15) is 0 Å². The third-order valence-corrected chi connectivity index (χ3v) is 7.67. The van der Waals surface area contributed by atoms with Crippen molar-refractivity contribution >= 4 is 39.9 Å². The van der Waals surface area contributed by atoms with Crippen LogP contribution in [0.3, 0.4) is 0 Å². The van der Waals surface area contributed by atoms with Gasteiger partial charge in [-0.1, -0.05) is 66.2 Å². The Morgan fingerprint density at radius 1 is 0.900 bits per heavy atom. The van der Waals surface area contributed by atoms with Crippen molar-refractivity contribution in [2.45, 2.75) is 39.4 Å². The predicted molar refractivity (Wildman–Crippen MR) is 160 cm³/mol. The maximum absolute atomic E-state index is 14.3. The Bertz CT molecular complexity index is 1580. The highest BCUT2D eigenvalue weighted by Crippen LogP contribution is 2.36. The number of anilines is 2. The van der Waals surface area contributed by atoms with Crippen molar-refractivity contribution in [1.29, 1.82) is 0 Å². The molecule has 5 rings (SSSR count). The zero-order valence-corrected chi connectivity index (χ0v) is 23.3. The molecule has 0 saturated heterocycles. The van der Waals surface area contributed by atoms with Gasteiger partial charge in [0.15, 0.2) is 0 Å². The SMILES string of the molecule is CN[C@@H](C)C(=O)N[C@H]1CN(C(=O)c2ccc(C)cc2)c2ccccc2N(Cc2c(C)ccc3ccccc23)C1=O. The van der Waals surface area contributed by atoms with Gasteiger partial charge in [0.1, 0.15) is 6.04 Å². The molecule has 2 atom stereocenters. The number of aryl methyl sites for hydroxylation is 2. The molecule has 0 unspecified atom stereocenters. The molecule has 0 aromatic heterocycles. The molecule has 0 fully saturated rings. The molecule has 0 bridgehead atoms. The normalized spacial score (nSPS) is 15.9. The van der Waals surface area contributed by atoms with E-state index in [1.165, 1.54) is 0 Å². The summed E-state index contributed by atoms with van der Waals surface area (Å²) in [6.45, 7) is 6.05. The van der Waals surface area contributed by atoms with Crippen LogP contribution in [0.15, 0.2) is 84.9 Å². The molecule has 0 aliphatic carbocycles. The van der Waals surface area contributed by atoms with E-state index in [0.717, 1.165) is 27.5 Å². The smallest absolute Gasteiger partial charge is 0.258 e. The minimum Gasteiger partial charge on any atom is -0.341 e. The van der Waals surface area contributed by atoms with E-state index in [9.17, 15) is 14.4 Å². The molecular formula is C33H34N4O3. The fraction of sp³-hybridized carbons (Fsp3) is 0.242. The van der Waals surface area contributed by atoms with Crippen LogP contribution in [0.4, 0.5) is 11.4 Å². The highest BCUT2D eigenvalue weighted by molar-refractivity contribution is 6.13. The van der Waals surface area contributed by atoms with Crippen molar-refractivity contribution in [2.24, 2.45) is 0 Å². The lowest BCUT2D eigenvalue weighted by molar-refractivity contribution is -0.128. The third-order valence-electron chi connectivity index (χ3n) is 7.67. The quantitative estimate of drug-likeness (QED) is 0.374. The van der Waals surface area contributed by atoms with Crippen molar-refractivity contribution in [2.75, 3.05) is 23.4 Å². The number of hydrogen-bond donors (Lipinski definition) is 2. The summed E-state index contributed by atoms with van der Waals surface area (Å²) in [5.41, 5.74) is 4.89. The lowest BCUT2D eigenvalue weighted by Gasteiger charge is -2.27. The molecule has 0 spiro atoms. The molecule has 0 radical (unpaired) electrons. The highest BCUT2D eigenvalue weighted by atomic mass is 16.2. The molecule has 0 saturated carbocycles. The van der Waals surface area contributed by atoms with Crippen LogP contribution in [0.2, 0.25) is 0 Å². The van der Waals surface area contributed by atoms with Gasteiger partial charge < -0.3 is 20.4 Å². The fourth-order valence-corrected chi connectivity index (χ4v) is 5.14. The van der Waals surface area contributed by atoms with E-state index >= 15 is 0 Å². The molecule has 4 aromatic rings. The maximum Gasteiger partial charge on any atom is 0.258 e. The Labute approximate surface area is 234 Å². The van der Waals surface area contributed by atoms with Crippen molar-refractivity contribution in [3.63, 3.8) is 0 Å². The number of nitrogens with zero attached hydrogens (tertiary/aromatic N) is 2. The van der Waals surface area contributed by atoms with Crippen molar-refractivity contribution < 1.29 is 14.4 Å². The standard InChI is InChI=1S/C33H34N4O3/c1-21-13-16-25(17-14-21)32(39)37-20-28(35-31(38)23(3)34-4)33(40)36(29-11-7-8-12-30(29)37)19-27-22(2)15-18-24-9-5-6-10-26(24)27/h5-18,23,28,34H,19-20H2,1-4H3,(H,35,38)/t23-,28-/m0/s1. The van der Waals surface area contributed by atoms with Gasteiger partial charge in [0.2, 0.25) is 5.91 Å². The van der Waals surface area contributed by atoms with Crippen LogP contribution in [0, 0.1) is 13.8 Å². The van der Waals surface area contributed by atoms with Gasteiger partial charge in [0.25, 0.3) is 11.8 Å². The van der Waals surface area contributed by atoms with Crippen LogP contribution in [0.5, 0.6) is 0 Å². The van der Waals surface area contributed by atoms with Crippen LogP contribution in [-0.4, -0.2) is 43.4 Å². The second kappa shape index (κ2) is 11.3. The van der Waals surface area contributed by atoms with E-state index in [0.29, 0.717) is 23.5 Å². The molecule has 1 aliphatic rings. The lowest BCUT2D eigenvalue weighted by atomic mass is 9.99. The highest BCUT2D eigenvalue weighted by Gasteiger charge is 2.37. The van der Waals surface area contributed by atoms with E-state index in [-0.39, 0.29) is 24.3 Å². The zero-order chi connectivity index (χ0) is 28.4. The summed E-state index contributed by atoms with van der Waals surface area (Å²) in [5, 5.41) is 8.00. The summed E-state index contributed by atoms with van der Waals surface area (Å²) in [7, 11) is 1.69. The van der Waals surface area contributed by atoms with Gasteiger partial charge >= 0.3 is 0 Å². The van der Waals surface area contributed by atoms with Crippen molar-refractivity contribution in [1.82, 2.24) is 10.6 Å². The lowest BCUT2D eigenvalue weighted by Crippen LogP contribution is -2.55. The van der Waals surface area contributed by atoms with Gasteiger partial charge in [-0.05, 0) is 74.0 Å². The van der Waals surface area contributed by atoms with Crippen molar-refractivity contribution in [3.05, 3.63) is 107 Å². The summed E-state index contributed by atoms with van der Waals surface area (Å²) in [5.74, 6) is -0.809. The molecule has 7 heteroatoms. The minimum absolute atomic E-state index is 0.00967. The Balaban J connectivity index is 1.63. The Morgan fingerprint density at radius 2 is 1.57 bits per heavy atom. The van der Waals surface area contributed by atoms with Crippen molar-refractivity contribution in [3.8, 4) is 0 Å². The molecule has 1 heterocycles. The number of fused-ring (bicyclic) bond motifs is 2. The van der Waals surface area contributed by atoms with E-state index in [2.05, 4.69) is 34.9 Å². The first-order chi connectivity index (χ1) is 19.3. The summed E-state index contributed by atoms with van der Waals surface area (Å²) in [4.78, 5) is 44.6. The monoisotopic (exact) mass is 534 g/mol. The first-order valence-corrected chi connectivity index (χ1v) is 13.5. The van der Waals surface area contributed by atoms with Gasteiger partial charge in [0.05, 0.1) is 30.5 Å². The number of hydrogen-bond acceptors (Lipinski definition) is 4. The Hall–Kier alpha value is -4.49. The van der Waals surface area contributed by atoms with E-state index in [1.54, 1.807) is 35.9 Å². The average Bonchev–Trinajstić information content (AvgIpc) is 3.08. The molecule has 7 nitrogen and oxygen atoms in total. The molecule has 204 valence electrons. The summed E-state index contributed by atoms with van der Waals surface area (Å²) in [6.07, 6.45) is 0. The Morgan fingerprint density at radius 3 is 2.30 bits per heavy atom. The minimum atomic E-state index is -0.944. The number of likely N-dealkylation sites (N-methyl/N-ethyl adjacent to an activating group) is 1. The van der Waals surface area contributed by atoms with Crippen LogP contribution in [0.1, 0.15) is 34.0 Å². The predicted octanol–water partition coefficient (Wildman–Crippen LogP) is 4.74. The van der Waals surface area contributed by atoms with Gasteiger partial charge in [-0.25, -0.2) is 0 Å². The number of para-hydroxylation sites is 2. The second-order valence-electron chi connectivity index (χ2n) is 10.3. The summed E-state index contributed by atoms with van der Waals surface area (Å²) < 4.78 is 0. The first-order valence-electron chi connectivity index (χ1n) is 13.5. The first kappa shape index (κ1) is 27.1. The number of amides is 3. The number of carbonyl (C=O) groups is 3. The van der Waals surface area contributed by atoms with Crippen LogP contribution < -0.4 is 20.4 Å². The molecule has 3 amide bonds. The van der Waals surface area contributed by atoms with Crippen LogP contribution >= 0.6 is 0 Å². The van der Waals surface area contributed by atoms with Gasteiger partial charge in [-0.15, -0.1) is 0 Å². The second-order valence-corrected chi connectivity index (χ2v) is 10.3.